The van der Waals surface area contributed by atoms with Crippen LogP contribution in [0.2, 0.25) is 0 Å². The van der Waals surface area contributed by atoms with E-state index in [0.29, 0.717) is 5.92 Å². The van der Waals surface area contributed by atoms with Crippen molar-refractivity contribution >= 4 is 0 Å². The summed E-state index contributed by atoms with van der Waals surface area (Å²) in [7, 11) is 0. The third-order valence-electron chi connectivity index (χ3n) is 2.11. The van der Waals surface area contributed by atoms with Gasteiger partial charge in [0.2, 0.25) is 0 Å². The van der Waals surface area contributed by atoms with Gasteiger partial charge >= 0.3 is 0 Å². The number of rotatable bonds is 5. The van der Waals surface area contributed by atoms with Crippen LogP contribution in [0.3, 0.4) is 0 Å². The molecule has 1 rings (SSSR count). The third-order valence-corrected chi connectivity index (χ3v) is 2.11. The number of hydrogen-bond donors (Lipinski definition) is 1. The van der Waals surface area contributed by atoms with Crippen LogP contribution in [-0.4, -0.2) is 6.54 Å². The average molecular weight is 213 g/mol. The number of halogens is 2. The Hall–Kier alpha value is -0.960. The monoisotopic (exact) mass is 213 g/mol. The van der Waals surface area contributed by atoms with Crippen molar-refractivity contribution in [3.8, 4) is 0 Å². The molecule has 0 aliphatic carbocycles. The van der Waals surface area contributed by atoms with Gasteiger partial charge in [0.25, 0.3) is 6.43 Å². The molecule has 0 bridgehead atoms. The van der Waals surface area contributed by atoms with Crippen molar-refractivity contribution in [2.75, 3.05) is 6.54 Å². The minimum atomic E-state index is -2.37. The van der Waals surface area contributed by atoms with Gasteiger partial charge in [-0.05, 0) is 18.0 Å². The maximum absolute atomic E-state index is 12.2. The molecule has 0 unspecified atom stereocenters. The van der Waals surface area contributed by atoms with E-state index in [9.17, 15) is 8.78 Å². The Kier molecular flexibility index (Phi) is 4.69. The Labute approximate surface area is 89.5 Å². The second-order valence-electron chi connectivity index (χ2n) is 4.07. The van der Waals surface area contributed by atoms with Gasteiger partial charge in [-0.15, -0.1) is 0 Å². The van der Waals surface area contributed by atoms with Crippen molar-refractivity contribution in [2.45, 2.75) is 26.8 Å². The third kappa shape index (κ3) is 4.38. The highest BCUT2D eigenvalue weighted by Crippen LogP contribution is 2.18. The van der Waals surface area contributed by atoms with Crippen LogP contribution in [0.1, 0.15) is 31.4 Å². The topological polar surface area (TPSA) is 12.0 Å². The SMILES string of the molecule is CC(C)CNCc1ccc(C(F)F)cc1. The van der Waals surface area contributed by atoms with E-state index in [4.69, 9.17) is 0 Å². The lowest BCUT2D eigenvalue weighted by molar-refractivity contribution is 0.151. The highest BCUT2D eigenvalue weighted by atomic mass is 19.3. The van der Waals surface area contributed by atoms with Crippen molar-refractivity contribution in [3.05, 3.63) is 35.4 Å². The molecular formula is C12H17F2N. The molecule has 1 nitrogen and oxygen atoms in total. The molecule has 0 aromatic heterocycles. The quantitative estimate of drug-likeness (QED) is 0.790. The molecule has 84 valence electrons. The Bertz CT molecular complexity index is 280. The molecule has 0 saturated heterocycles. The summed E-state index contributed by atoms with van der Waals surface area (Å²) in [6, 6.07) is 6.46. The van der Waals surface area contributed by atoms with E-state index in [0.717, 1.165) is 18.7 Å². The standard InChI is InChI=1S/C12H17F2N/c1-9(2)7-15-8-10-3-5-11(6-4-10)12(13)14/h3-6,9,12,15H,7-8H2,1-2H3. The van der Waals surface area contributed by atoms with Gasteiger partial charge in [-0.3, -0.25) is 0 Å². The first-order chi connectivity index (χ1) is 7.09. The van der Waals surface area contributed by atoms with E-state index in [-0.39, 0.29) is 5.56 Å². The molecule has 0 fully saturated rings. The van der Waals surface area contributed by atoms with Crippen LogP contribution in [0, 0.1) is 5.92 Å². The van der Waals surface area contributed by atoms with E-state index in [1.807, 2.05) is 0 Å². The van der Waals surface area contributed by atoms with Crippen molar-refractivity contribution in [1.29, 1.82) is 0 Å². The summed E-state index contributed by atoms with van der Waals surface area (Å²) in [5.74, 6) is 0.602. The van der Waals surface area contributed by atoms with Crippen LogP contribution < -0.4 is 5.32 Å². The fraction of sp³-hybridized carbons (Fsp3) is 0.500. The molecule has 1 aromatic rings. The molecule has 0 aliphatic heterocycles. The van der Waals surface area contributed by atoms with Crippen molar-refractivity contribution in [1.82, 2.24) is 5.32 Å². The zero-order valence-corrected chi connectivity index (χ0v) is 9.13. The molecular weight excluding hydrogens is 196 g/mol. The Morgan fingerprint density at radius 3 is 2.20 bits per heavy atom. The molecule has 0 aliphatic rings. The second-order valence-corrected chi connectivity index (χ2v) is 4.07. The first-order valence-electron chi connectivity index (χ1n) is 5.17. The first-order valence-corrected chi connectivity index (χ1v) is 5.17. The molecule has 3 heteroatoms. The van der Waals surface area contributed by atoms with E-state index < -0.39 is 6.43 Å². The van der Waals surface area contributed by atoms with Crippen LogP contribution in [0.5, 0.6) is 0 Å². The predicted octanol–water partition coefficient (Wildman–Crippen LogP) is 3.37. The first kappa shape index (κ1) is 12.1. The number of benzene rings is 1. The van der Waals surface area contributed by atoms with E-state index >= 15 is 0 Å². The molecule has 0 heterocycles. The average Bonchev–Trinajstić information content (AvgIpc) is 2.18. The van der Waals surface area contributed by atoms with Crippen LogP contribution in [-0.2, 0) is 6.54 Å². The van der Waals surface area contributed by atoms with E-state index in [1.54, 1.807) is 12.1 Å². The van der Waals surface area contributed by atoms with Crippen LogP contribution in [0.25, 0.3) is 0 Å². The summed E-state index contributed by atoms with van der Waals surface area (Å²) in [6.45, 7) is 5.94. The maximum atomic E-state index is 12.2. The summed E-state index contributed by atoms with van der Waals surface area (Å²) < 4.78 is 24.5. The predicted molar refractivity (Wildman–Crippen MR) is 57.9 cm³/mol. The highest BCUT2D eigenvalue weighted by Gasteiger charge is 2.05. The number of alkyl halides is 2. The Morgan fingerprint density at radius 1 is 1.13 bits per heavy atom. The summed E-state index contributed by atoms with van der Waals surface area (Å²) in [5, 5.41) is 3.26. The molecule has 1 aromatic carbocycles. The lowest BCUT2D eigenvalue weighted by atomic mass is 10.1. The molecule has 1 N–H and O–H groups in total. The lowest BCUT2D eigenvalue weighted by Gasteiger charge is -2.07. The molecule has 0 atom stereocenters. The zero-order chi connectivity index (χ0) is 11.3. The molecule has 0 spiro atoms. The largest absolute Gasteiger partial charge is 0.312 e. The molecule has 0 saturated carbocycles. The van der Waals surface area contributed by atoms with Crippen LogP contribution in [0.4, 0.5) is 8.78 Å². The van der Waals surface area contributed by atoms with Crippen LogP contribution in [0.15, 0.2) is 24.3 Å². The summed E-state index contributed by atoms with van der Waals surface area (Å²) in [4.78, 5) is 0. The molecule has 15 heavy (non-hydrogen) atoms. The summed E-state index contributed by atoms with van der Waals surface area (Å²) >= 11 is 0. The minimum absolute atomic E-state index is 0.0857. The molecule has 0 radical (unpaired) electrons. The lowest BCUT2D eigenvalue weighted by Crippen LogP contribution is -2.18. The fourth-order valence-electron chi connectivity index (χ4n) is 1.29. The van der Waals surface area contributed by atoms with Gasteiger partial charge in [-0.2, -0.15) is 0 Å². The van der Waals surface area contributed by atoms with Crippen molar-refractivity contribution < 1.29 is 8.78 Å². The van der Waals surface area contributed by atoms with E-state index in [1.165, 1.54) is 12.1 Å². The number of hydrogen-bond acceptors (Lipinski definition) is 1. The van der Waals surface area contributed by atoms with Gasteiger partial charge in [0.05, 0.1) is 0 Å². The van der Waals surface area contributed by atoms with Gasteiger partial charge in [-0.1, -0.05) is 38.1 Å². The molecule has 0 amide bonds. The van der Waals surface area contributed by atoms with Crippen molar-refractivity contribution in [3.63, 3.8) is 0 Å². The smallest absolute Gasteiger partial charge is 0.263 e. The summed E-state index contributed by atoms with van der Waals surface area (Å²) in [5.41, 5.74) is 1.13. The van der Waals surface area contributed by atoms with E-state index in [2.05, 4.69) is 19.2 Å². The zero-order valence-electron chi connectivity index (χ0n) is 9.13. The van der Waals surface area contributed by atoms with Gasteiger partial charge in [0, 0.05) is 12.1 Å². The van der Waals surface area contributed by atoms with Gasteiger partial charge in [-0.25, -0.2) is 8.78 Å². The normalized spacial score (nSPS) is 11.3. The van der Waals surface area contributed by atoms with Crippen LogP contribution >= 0.6 is 0 Å². The van der Waals surface area contributed by atoms with Gasteiger partial charge in [0.1, 0.15) is 0 Å². The Balaban J connectivity index is 2.43. The summed E-state index contributed by atoms with van der Waals surface area (Å²) in [6.07, 6.45) is -2.37. The fourth-order valence-corrected chi connectivity index (χ4v) is 1.29. The van der Waals surface area contributed by atoms with Crippen molar-refractivity contribution in [2.24, 2.45) is 5.92 Å². The second kappa shape index (κ2) is 5.81. The maximum Gasteiger partial charge on any atom is 0.263 e. The minimum Gasteiger partial charge on any atom is -0.312 e. The van der Waals surface area contributed by atoms with Gasteiger partial charge < -0.3 is 5.32 Å². The van der Waals surface area contributed by atoms with Gasteiger partial charge in [0.15, 0.2) is 0 Å². The number of nitrogens with one attached hydrogen (secondary N) is 1. The highest BCUT2D eigenvalue weighted by molar-refractivity contribution is 5.23. The Morgan fingerprint density at radius 2 is 1.73 bits per heavy atom.